The van der Waals surface area contributed by atoms with Crippen molar-refractivity contribution in [2.75, 3.05) is 17.7 Å². The molecule has 0 fully saturated rings. The van der Waals surface area contributed by atoms with Crippen LogP contribution in [0.15, 0.2) is 53.6 Å². The van der Waals surface area contributed by atoms with Gasteiger partial charge in [-0.3, -0.25) is 4.79 Å². The molecule has 3 N–H and O–H groups in total. The van der Waals surface area contributed by atoms with Crippen molar-refractivity contribution in [2.45, 2.75) is 33.2 Å². The zero-order valence-corrected chi connectivity index (χ0v) is 19.6. The Kier molecular flexibility index (Phi) is 8.30. The van der Waals surface area contributed by atoms with E-state index in [1.807, 2.05) is 49.6 Å². The highest BCUT2D eigenvalue weighted by molar-refractivity contribution is 7.20. The lowest BCUT2D eigenvalue weighted by atomic mass is 9.94. The van der Waals surface area contributed by atoms with E-state index in [0.29, 0.717) is 11.6 Å². The molecule has 2 heterocycles. The molecule has 31 heavy (non-hydrogen) atoms. The minimum Gasteiger partial charge on any atom is -0.335 e. The molecule has 0 spiro atoms. The van der Waals surface area contributed by atoms with Gasteiger partial charge < -0.3 is 15.5 Å². The highest BCUT2D eigenvalue weighted by Gasteiger charge is 2.22. The molecule has 9 heteroatoms. The van der Waals surface area contributed by atoms with Crippen LogP contribution in [0.5, 0.6) is 0 Å². The van der Waals surface area contributed by atoms with Crippen LogP contribution in [0.4, 0.5) is 10.3 Å². The van der Waals surface area contributed by atoms with E-state index in [1.54, 1.807) is 7.11 Å². The predicted octanol–water partition coefficient (Wildman–Crippen LogP) is 5.06. The molecule has 0 aromatic carbocycles. The minimum atomic E-state index is -0.0906. The normalized spacial score (nSPS) is 18.6. The van der Waals surface area contributed by atoms with Gasteiger partial charge in [-0.1, -0.05) is 54.7 Å². The van der Waals surface area contributed by atoms with Gasteiger partial charge in [-0.2, -0.15) is 5.48 Å². The summed E-state index contributed by atoms with van der Waals surface area (Å²) in [5, 5.41) is 9.69. The van der Waals surface area contributed by atoms with Gasteiger partial charge in [0.25, 0.3) is 0 Å². The Hall–Kier alpha value is -2.59. The van der Waals surface area contributed by atoms with Gasteiger partial charge >= 0.3 is 0 Å². The summed E-state index contributed by atoms with van der Waals surface area (Å²) in [6, 6.07) is 0.0969. The van der Waals surface area contributed by atoms with Crippen LogP contribution in [0.25, 0.3) is 10.6 Å². The van der Waals surface area contributed by atoms with Crippen LogP contribution in [0.3, 0.4) is 0 Å². The molecule has 1 aliphatic rings. The second kappa shape index (κ2) is 11.1. The summed E-state index contributed by atoms with van der Waals surface area (Å²) in [6.07, 6.45) is 13.9. The summed E-state index contributed by atoms with van der Waals surface area (Å²) in [4.78, 5) is 27.3. The second-order valence-electron chi connectivity index (χ2n) is 6.95. The molecule has 0 radical (unpaired) electrons. The number of anilines is 2. The molecule has 0 bridgehead atoms. The first-order valence-electron chi connectivity index (χ1n) is 9.96. The van der Waals surface area contributed by atoms with Gasteiger partial charge in [0.05, 0.1) is 29.4 Å². The fourth-order valence-corrected chi connectivity index (χ4v) is 4.74. The smallest absolute Gasteiger partial charge is 0.229 e. The molecule has 2 atom stereocenters. The van der Waals surface area contributed by atoms with E-state index in [1.165, 1.54) is 22.7 Å². The number of carbonyl (C=O) groups excluding carboxylic acids is 1. The first kappa shape index (κ1) is 23.1. The summed E-state index contributed by atoms with van der Waals surface area (Å²) < 4.78 is 0. The average molecular weight is 458 g/mol. The Labute approximate surface area is 190 Å². The van der Waals surface area contributed by atoms with Crippen molar-refractivity contribution >= 4 is 38.8 Å². The summed E-state index contributed by atoms with van der Waals surface area (Å²) >= 11 is 2.97. The number of nitrogens with zero attached hydrogens (tertiary/aromatic N) is 2. The maximum absolute atomic E-state index is 12.1. The quantitative estimate of drug-likeness (QED) is 0.360. The molecule has 164 valence electrons. The highest BCUT2D eigenvalue weighted by Crippen LogP contribution is 2.35. The van der Waals surface area contributed by atoms with Gasteiger partial charge in [-0.15, -0.1) is 11.3 Å². The molecular formula is C22H27N5O2S2. The molecule has 2 aromatic heterocycles. The van der Waals surface area contributed by atoms with E-state index in [9.17, 15) is 4.79 Å². The van der Waals surface area contributed by atoms with Crippen LogP contribution in [0.2, 0.25) is 0 Å². The standard InChI is InChI=1S/C22H27N5O2S2/c1-5-6-7-8-12-19(28)26-22-23-15(3)20(31-22)18-13-30-21(25-18)24-16-10-9-11-17(14(16)2)27-29-4/h5-11,13-14,17,27H,12H2,1-4H3,(H,24,25)(H,23,26,28)/b6-5-,8-7-. The van der Waals surface area contributed by atoms with Crippen LogP contribution in [-0.4, -0.2) is 29.0 Å². The molecule has 1 aliphatic carbocycles. The van der Waals surface area contributed by atoms with Crippen molar-refractivity contribution in [1.82, 2.24) is 15.4 Å². The maximum Gasteiger partial charge on any atom is 0.229 e. The zero-order chi connectivity index (χ0) is 22.2. The largest absolute Gasteiger partial charge is 0.335 e. The third-order valence-corrected chi connectivity index (χ3v) is 6.50. The third-order valence-electron chi connectivity index (χ3n) is 4.65. The molecule has 0 saturated carbocycles. The number of hydrogen-bond donors (Lipinski definition) is 3. The molecule has 2 unspecified atom stereocenters. The Morgan fingerprint density at radius 2 is 2.13 bits per heavy atom. The lowest BCUT2D eigenvalue weighted by molar-refractivity contribution is -0.115. The second-order valence-corrected chi connectivity index (χ2v) is 8.80. The lowest BCUT2D eigenvalue weighted by Crippen LogP contribution is -2.36. The zero-order valence-electron chi connectivity index (χ0n) is 18.0. The molecule has 3 rings (SSSR count). The van der Waals surface area contributed by atoms with E-state index >= 15 is 0 Å². The van der Waals surface area contributed by atoms with E-state index in [4.69, 9.17) is 9.82 Å². The first-order chi connectivity index (χ1) is 15.0. The summed E-state index contributed by atoms with van der Waals surface area (Å²) in [6.45, 7) is 5.99. The van der Waals surface area contributed by atoms with Crippen molar-refractivity contribution in [3.05, 3.63) is 59.3 Å². The fourth-order valence-electron chi connectivity index (χ4n) is 3.01. The van der Waals surface area contributed by atoms with Crippen LogP contribution in [0, 0.1) is 12.8 Å². The van der Waals surface area contributed by atoms with Gasteiger partial charge in [0.1, 0.15) is 0 Å². The topological polar surface area (TPSA) is 88.2 Å². The lowest BCUT2D eigenvalue weighted by Gasteiger charge is -2.26. The minimum absolute atomic E-state index is 0.0906. The number of hydroxylamine groups is 1. The van der Waals surface area contributed by atoms with Crippen LogP contribution < -0.4 is 16.1 Å². The molecule has 0 aliphatic heterocycles. The Morgan fingerprint density at radius 3 is 2.90 bits per heavy atom. The fraction of sp³-hybridized carbons (Fsp3) is 0.318. The number of rotatable bonds is 9. The van der Waals surface area contributed by atoms with Gasteiger partial charge in [0.15, 0.2) is 10.3 Å². The number of thiazole rings is 2. The van der Waals surface area contributed by atoms with Gasteiger partial charge in [0.2, 0.25) is 5.91 Å². The van der Waals surface area contributed by atoms with Crippen LogP contribution in [-0.2, 0) is 9.63 Å². The summed E-state index contributed by atoms with van der Waals surface area (Å²) in [5.41, 5.74) is 5.76. The van der Waals surface area contributed by atoms with Gasteiger partial charge in [0, 0.05) is 23.4 Å². The molecule has 1 amide bonds. The van der Waals surface area contributed by atoms with Crippen molar-refractivity contribution in [3.8, 4) is 10.6 Å². The Balaban J connectivity index is 1.65. The van der Waals surface area contributed by atoms with Crippen molar-refractivity contribution < 1.29 is 9.63 Å². The summed E-state index contributed by atoms with van der Waals surface area (Å²) in [7, 11) is 1.62. The first-order valence-corrected chi connectivity index (χ1v) is 11.7. The third kappa shape index (κ3) is 6.20. The van der Waals surface area contributed by atoms with E-state index in [2.05, 4.69) is 40.2 Å². The number of aryl methyl sites for hydroxylation is 1. The summed E-state index contributed by atoms with van der Waals surface area (Å²) in [5.74, 6) is 0.123. The predicted molar refractivity (Wildman–Crippen MR) is 129 cm³/mol. The molecule has 0 saturated heterocycles. The van der Waals surface area contributed by atoms with Gasteiger partial charge in [-0.25, -0.2) is 9.97 Å². The number of nitrogens with one attached hydrogen (secondary N) is 3. The number of hydrogen-bond acceptors (Lipinski definition) is 8. The van der Waals surface area contributed by atoms with Gasteiger partial charge in [-0.05, 0) is 19.9 Å². The van der Waals surface area contributed by atoms with Crippen molar-refractivity contribution in [3.63, 3.8) is 0 Å². The number of allylic oxidation sites excluding steroid dienone is 5. The Bertz CT molecular complexity index is 1020. The number of amides is 1. The average Bonchev–Trinajstić information content (AvgIpc) is 3.34. The monoisotopic (exact) mass is 457 g/mol. The van der Waals surface area contributed by atoms with E-state index < -0.39 is 0 Å². The van der Waals surface area contributed by atoms with Crippen LogP contribution >= 0.6 is 22.7 Å². The highest BCUT2D eigenvalue weighted by atomic mass is 32.1. The van der Waals surface area contributed by atoms with Crippen LogP contribution in [0.1, 0.15) is 26.0 Å². The molecule has 7 nitrogen and oxygen atoms in total. The van der Waals surface area contributed by atoms with Crippen molar-refractivity contribution in [2.24, 2.45) is 5.92 Å². The SMILES string of the molecule is C/C=C\C=C/CC(=O)Nc1nc(C)c(-c2csc(NC3=CC=CC(NOC)C3C)n2)s1. The maximum atomic E-state index is 12.1. The van der Waals surface area contributed by atoms with E-state index in [-0.39, 0.29) is 17.9 Å². The molecule has 2 aromatic rings. The number of carbonyl (C=O) groups is 1. The number of aromatic nitrogens is 2. The van der Waals surface area contributed by atoms with Crippen molar-refractivity contribution in [1.29, 1.82) is 0 Å². The van der Waals surface area contributed by atoms with E-state index in [0.717, 1.165) is 27.1 Å². The molecular weight excluding hydrogens is 430 g/mol. The Morgan fingerprint density at radius 1 is 1.29 bits per heavy atom.